The van der Waals surface area contributed by atoms with Gasteiger partial charge in [0.25, 0.3) is 0 Å². The zero-order valence-corrected chi connectivity index (χ0v) is 12.1. The normalized spacial score (nSPS) is 15.8. The van der Waals surface area contributed by atoms with E-state index in [4.69, 9.17) is 4.98 Å². The molecule has 0 bridgehead atoms. The van der Waals surface area contributed by atoms with Gasteiger partial charge in [0.15, 0.2) is 0 Å². The zero-order valence-electron chi connectivity index (χ0n) is 11.3. The Labute approximate surface area is 109 Å². The maximum absolute atomic E-state index is 4.87. The molecule has 0 aromatic carbocycles. The SMILES string of the molecule is CCCNCc1sc(CC(C)C)nc1C1CC1. The van der Waals surface area contributed by atoms with Gasteiger partial charge in [-0.25, -0.2) is 4.98 Å². The fourth-order valence-corrected chi connectivity index (χ4v) is 3.37. The molecular formula is C14H24N2S. The maximum atomic E-state index is 4.87. The monoisotopic (exact) mass is 252 g/mol. The molecule has 0 amide bonds. The summed E-state index contributed by atoms with van der Waals surface area (Å²) < 4.78 is 0. The Morgan fingerprint density at radius 3 is 2.76 bits per heavy atom. The third kappa shape index (κ3) is 3.78. The van der Waals surface area contributed by atoms with Gasteiger partial charge in [-0.15, -0.1) is 11.3 Å². The molecular weight excluding hydrogens is 228 g/mol. The molecule has 3 heteroatoms. The van der Waals surface area contributed by atoms with Gasteiger partial charge in [-0.3, -0.25) is 0 Å². The van der Waals surface area contributed by atoms with Crippen molar-refractivity contribution in [3.8, 4) is 0 Å². The van der Waals surface area contributed by atoms with E-state index in [0.29, 0.717) is 5.92 Å². The van der Waals surface area contributed by atoms with Gasteiger partial charge in [-0.05, 0) is 31.7 Å². The summed E-state index contributed by atoms with van der Waals surface area (Å²) in [5.41, 5.74) is 1.41. The fourth-order valence-electron chi connectivity index (χ4n) is 2.03. The summed E-state index contributed by atoms with van der Waals surface area (Å²) in [4.78, 5) is 6.37. The summed E-state index contributed by atoms with van der Waals surface area (Å²) in [6.07, 6.45) is 5.05. The van der Waals surface area contributed by atoms with Crippen LogP contribution in [0.15, 0.2) is 0 Å². The lowest BCUT2D eigenvalue weighted by molar-refractivity contribution is 0.642. The van der Waals surface area contributed by atoms with Crippen LogP contribution in [0.4, 0.5) is 0 Å². The molecule has 0 radical (unpaired) electrons. The lowest BCUT2D eigenvalue weighted by Crippen LogP contribution is -2.13. The van der Waals surface area contributed by atoms with Crippen LogP contribution in [0.5, 0.6) is 0 Å². The largest absolute Gasteiger partial charge is 0.312 e. The Morgan fingerprint density at radius 2 is 2.18 bits per heavy atom. The summed E-state index contributed by atoms with van der Waals surface area (Å²) >= 11 is 1.93. The Bertz CT molecular complexity index is 353. The van der Waals surface area contributed by atoms with Crippen LogP contribution < -0.4 is 5.32 Å². The van der Waals surface area contributed by atoms with E-state index in [9.17, 15) is 0 Å². The summed E-state index contributed by atoms with van der Waals surface area (Å²) in [7, 11) is 0. The number of nitrogens with zero attached hydrogens (tertiary/aromatic N) is 1. The minimum absolute atomic E-state index is 0.713. The molecule has 1 heterocycles. The van der Waals surface area contributed by atoms with Gasteiger partial charge < -0.3 is 5.32 Å². The van der Waals surface area contributed by atoms with Crippen LogP contribution in [0.25, 0.3) is 0 Å². The van der Waals surface area contributed by atoms with Crippen LogP contribution in [-0.4, -0.2) is 11.5 Å². The Morgan fingerprint density at radius 1 is 1.41 bits per heavy atom. The zero-order chi connectivity index (χ0) is 12.3. The maximum Gasteiger partial charge on any atom is 0.0934 e. The van der Waals surface area contributed by atoms with Crippen molar-refractivity contribution >= 4 is 11.3 Å². The summed E-state index contributed by atoms with van der Waals surface area (Å²) in [6.45, 7) is 8.89. The van der Waals surface area contributed by atoms with Crippen molar-refractivity contribution in [2.75, 3.05) is 6.54 Å². The van der Waals surface area contributed by atoms with Crippen LogP contribution in [-0.2, 0) is 13.0 Å². The molecule has 0 atom stereocenters. The first-order valence-electron chi connectivity index (χ1n) is 6.89. The topological polar surface area (TPSA) is 24.9 Å². The van der Waals surface area contributed by atoms with E-state index >= 15 is 0 Å². The molecule has 1 aromatic heterocycles. The number of rotatable bonds is 7. The summed E-state index contributed by atoms with van der Waals surface area (Å²) in [5.74, 6) is 1.50. The van der Waals surface area contributed by atoms with Crippen molar-refractivity contribution in [2.24, 2.45) is 5.92 Å². The number of nitrogens with one attached hydrogen (secondary N) is 1. The average Bonchev–Trinajstić information content (AvgIpc) is 3.02. The summed E-state index contributed by atoms with van der Waals surface area (Å²) in [5, 5.41) is 4.85. The molecule has 1 aromatic rings. The van der Waals surface area contributed by atoms with E-state index in [-0.39, 0.29) is 0 Å². The van der Waals surface area contributed by atoms with Gasteiger partial charge >= 0.3 is 0 Å². The van der Waals surface area contributed by atoms with E-state index in [2.05, 4.69) is 26.1 Å². The number of hydrogen-bond donors (Lipinski definition) is 1. The van der Waals surface area contributed by atoms with Gasteiger partial charge in [-0.1, -0.05) is 20.8 Å². The fraction of sp³-hybridized carbons (Fsp3) is 0.786. The van der Waals surface area contributed by atoms with E-state index in [0.717, 1.165) is 25.4 Å². The molecule has 1 aliphatic carbocycles. The van der Waals surface area contributed by atoms with Crippen molar-refractivity contribution in [1.82, 2.24) is 10.3 Å². The summed E-state index contributed by atoms with van der Waals surface area (Å²) in [6, 6.07) is 0. The molecule has 2 nitrogen and oxygen atoms in total. The van der Waals surface area contributed by atoms with E-state index < -0.39 is 0 Å². The molecule has 17 heavy (non-hydrogen) atoms. The number of hydrogen-bond acceptors (Lipinski definition) is 3. The van der Waals surface area contributed by atoms with Crippen LogP contribution in [0.2, 0.25) is 0 Å². The predicted molar refractivity (Wildman–Crippen MR) is 74.6 cm³/mol. The lowest BCUT2D eigenvalue weighted by Gasteiger charge is -2.02. The molecule has 96 valence electrons. The second-order valence-electron chi connectivity index (χ2n) is 5.47. The molecule has 1 fully saturated rings. The third-order valence-electron chi connectivity index (χ3n) is 3.03. The van der Waals surface area contributed by atoms with Gasteiger partial charge in [0.2, 0.25) is 0 Å². The molecule has 0 aliphatic heterocycles. The smallest absolute Gasteiger partial charge is 0.0934 e. The van der Waals surface area contributed by atoms with Gasteiger partial charge in [0.1, 0.15) is 0 Å². The number of thiazole rings is 1. The molecule has 0 unspecified atom stereocenters. The minimum Gasteiger partial charge on any atom is -0.312 e. The molecule has 0 spiro atoms. The second kappa shape index (κ2) is 5.96. The Kier molecular flexibility index (Phi) is 4.57. The molecule has 1 N–H and O–H groups in total. The van der Waals surface area contributed by atoms with Crippen LogP contribution in [0.3, 0.4) is 0 Å². The Balaban J connectivity index is 2.02. The highest BCUT2D eigenvalue weighted by Crippen LogP contribution is 2.42. The van der Waals surface area contributed by atoms with E-state index in [1.54, 1.807) is 0 Å². The van der Waals surface area contributed by atoms with E-state index in [1.807, 2.05) is 11.3 Å². The lowest BCUT2D eigenvalue weighted by atomic mass is 10.1. The quantitative estimate of drug-likeness (QED) is 0.748. The van der Waals surface area contributed by atoms with Crippen molar-refractivity contribution in [2.45, 2.75) is 58.9 Å². The van der Waals surface area contributed by atoms with Gasteiger partial charge in [0.05, 0.1) is 10.7 Å². The van der Waals surface area contributed by atoms with E-state index in [1.165, 1.54) is 34.8 Å². The highest BCUT2D eigenvalue weighted by molar-refractivity contribution is 7.11. The highest BCUT2D eigenvalue weighted by Gasteiger charge is 2.29. The molecule has 1 saturated carbocycles. The standard InChI is InChI=1S/C14H24N2S/c1-4-7-15-9-12-14(11-5-6-11)16-13(17-12)8-10(2)3/h10-11,15H,4-9H2,1-3H3. The van der Waals surface area contributed by atoms with Crippen LogP contribution >= 0.6 is 11.3 Å². The first kappa shape index (κ1) is 13.0. The van der Waals surface area contributed by atoms with Gasteiger partial charge in [0, 0.05) is 23.8 Å². The van der Waals surface area contributed by atoms with Crippen molar-refractivity contribution < 1.29 is 0 Å². The number of aromatic nitrogens is 1. The minimum atomic E-state index is 0.713. The second-order valence-corrected chi connectivity index (χ2v) is 6.63. The molecule has 0 saturated heterocycles. The molecule has 2 rings (SSSR count). The third-order valence-corrected chi connectivity index (χ3v) is 4.12. The first-order valence-corrected chi connectivity index (χ1v) is 7.71. The predicted octanol–water partition coefficient (Wildman–Crippen LogP) is 3.72. The Hall–Kier alpha value is -0.410. The van der Waals surface area contributed by atoms with Crippen molar-refractivity contribution in [3.05, 3.63) is 15.6 Å². The van der Waals surface area contributed by atoms with Gasteiger partial charge in [-0.2, -0.15) is 0 Å². The average molecular weight is 252 g/mol. The highest BCUT2D eigenvalue weighted by atomic mass is 32.1. The first-order chi connectivity index (χ1) is 8.20. The van der Waals surface area contributed by atoms with Crippen molar-refractivity contribution in [1.29, 1.82) is 0 Å². The van der Waals surface area contributed by atoms with Crippen molar-refractivity contribution in [3.63, 3.8) is 0 Å². The molecule has 1 aliphatic rings. The van der Waals surface area contributed by atoms with Crippen LogP contribution in [0.1, 0.15) is 61.5 Å². The van der Waals surface area contributed by atoms with Crippen LogP contribution in [0, 0.1) is 5.92 Å².